The maximum Gasteiger partial charge on any atom is 0.329 e. The number of aliphatic hydroxyl groups is 3. The number of Topliss-reactive ketones (excluding diaryl/α,β-unsaturated/α-hetero) is 3. The highest BCUT2D eigenvalue weighted by atomic mass is 16.7. The summed E-state index contributed by atoms with van der Waals surface area (Å²) in [7, 11) is 4.56. The minimum atomic E-state index is -2.47. The quantitative estimate of drug-likeness (QED) is 0.163. The van der Waals surface area contributed by atoms with E-state index in [1.807, 2.05) is 55.3 Å². The highest BCUT2D eigenvalue weighted by molar-refractivity contribution is 6.39. The van der Waals surface area contributed by atoms with Crippen molar-refractivity contribution in [1.82, 2.24) is 4.90 Å². The third-order valence-corrected chi connectivity index (χ3v) is 17.3. The molecule has 8 bridgehead atoms. The number of anilines is 1. The Hall–Kier alpha value is -3.87. The average Bonchev–Trinajstić information content (AvgIpc) is 3.37. The van der Waals surface area contributed by atoms with Crippen LogP contribution in [0.5, 0.6) is 0 Å². The molecule has 1 aromatic carbocycles. The van der Waals surface area contributed by atoms with Crippen LogP contribution in [-0.4, -0.2) is 144 Å². The summed E-state index contributed by atoms with van der Waals surface area (Å²) in [5.41, 5.74) is 2.12. The van der Waals surface area contributed by atoms with Gasteiger partial charge in [0, 0.05) is 64.4 Å². The number of ether oxygens (including phenoxy) is 5. The molecule has 1 saturated carbocycles. The SMILES string of the molecule is CO[C@H]1C[C@@H]2CC[C@@H](C)[C@@](O)(O2)C(=O)C(=O)N2CCCC3[C@H]2C(=O)O[C@@H](CC(=O)[C@H](C)/C=C(\C)[C@@H](O)[C@@H](OC)C(=O)[C@H](C)C[C@H](C)[C@@H]2CC[C@H](C=C1C)ON2c1ccccc1)[C@H]3C[C@@H]1CC[C@@H](O)[C@H](OC)C1. The van der Waals surface area contributed by atoms with Crippen molar-refractivity contribution in [3.8, 4) is 0 Å². The number of hydrogen-bond donors (Lipinski definition) is 3. The van der Waals surface area contributed by atoms with Gasteiger partial charge in [0.1, 0.15) is 36.2 Å². The van der Waals surface area contributed by atoms with Crippen LogP contribution in [0.25, 0.3) is 0 Å². The standard InChI is InChI=1S/C56H82N2O14/c1-31-24-34(4)50(61)52(69-9)51(62)35(5)25-32(2)45(60)30-47-42(27-37-18-22-44(59)48(28-37)68-8)41-16-13-23-57(49(41)55(65)70-47)54(64)53(63)56(66)36(6)17-19-39(71-56)29-46(67-7)33(3)26-40-20-21-43(31)58(72-40)38-14-11-10-12-15-38/h10-12,14-15,25-26,31-32,34,36-37,39-44,46-49,51-52,59,62,66H,13,16-24,27-30H2,1-9H3/b33-26?,35-25+/t31-,32+,34+,36+,37-,39-,40+,41?,42-,43-,44+,46-,47-,48+,49-,51+,52-,56+/m0/s1. The second-order valence-corrected chi connectivity index (χ2v) is 22.2. The number of nitrogens with zero attached hydrogens (tertiary/aromatic N) is 2. The van der Waals surface area contributed by atoms with Gasteiger partial charge in [0.25, 0.3) is 11.7 Å². The van der Waals surface area contributed by atoms with Gasteiger partial charge in [0.05, 0.1) is 36.1 Å². The molecule has 1 aliphatic carbocycles. The first kappa shape index (κ1) is 55.9. The number of aliphatic hydroxyl groups excluding tert-OH is 2. The lowest BCUT2D eigenvalue weighted by Crippen LogP contribution is -2.65. The lowest BCUT2D eigenvalue weighted by atomic mass is 9.68. The summed E-state index contributed by atoms with van der Waals surface area (Å²) >= 11 is 0. The van der Waals surface area contributed by atoms with Crippen LogP contribution in [0.2, 0.25) is 0 Å². The molecule has 400 valence electrons. The van der Waals surface area contributed by atoms with Crippen LogP contribution in [0.4, 0.5) is 5.69 Å². The van der Waals surface area contributed by atoms with Gasteiger partial charge in [-0.05, 0) is 126 Å². The monoisotopic (exact) mass is 1010 g/mol. The van der Waals surface area contributed by atoms with Crippen LogP contribution in [-0.2, 0) is 52.5 Å². The molecule has 0 spiro atoms. The van der Waals surface area contributed by atoms with Crippen molar-refractivity contribution < 1.29 is 67.8 Å². The summed E-state index contributed by atoms with van der Waals surface area (Å²) < 4.78 is 29.9. The number of methoxy groups -OCH3 is 3. The number of carbonyl (C=O) groups excluding carboxylic acids is 5. The summed E-state index contributed by atoms with van der Waals surface area (Å²) in [5.74, 6) is -8.70. The Bertz CT molecular complexity index is 2130. The zero-order chi connectivity index (χ0) is 52.2. The van der Waals surface area contributed by atoms with E-state index in [-0.39, 0.29) is 54.9 Å². The molecule has 8 aliphatic heterocycles. The summed E-state index contributed by atoms with van der Waals surface area (Å²) in [5, 5.41) is 36.6. The second-order valence-electron chi connectivity index (χ2n) is 22.2. The molecular formula is C56H82N2O14. The Morgan fingerprint density at radius 3 is 2.24 bits per heavy atom. The van der Waals surface area contributed by atoms with Gasteiger partial charge in [-0.2, -0.15) is 0 Å². The Kier molecular flexibility index (Phi) is 18.8. The lowest BCUT2D eigenvalue weighted by Gasteiger charge is -2.50. The van der Waals surface area contributed by atoms with Crippen LogP contribution in [0.15, 0.2) is 53.6 Å². The molecule has 16 heteroatoms. The van der Waals surface area contributed by atoms with E-state index < -0.39 is 102 Å². The zero-order valence-electron chi connectivity index (χ0n) is 44.0. The van der Waals surface area contributed by atoms with E-state index in [0.717, 1.165) is 17.7 Å². The van der Waals surface area contributed by atoms with E-state index in [2.05, 4.69) is 6.92 Å². The highest BCUT2D eigenvalue weighted by Gasteiger charge is 2.57. The van der Waals surface area contributed by atoms with Crippen LogP contribution < -0.4 is 5.06 Å². The lowest BCUT2D eigenvalue weighted by molar-refractivity contribution is -0.266. The number of allylic oxidation sites excluding steroid dienone is 1. The topological polar surface area (TPSA) is 208 Å². The number of esters is 1. The van der Waals surface area contributed by atoms with Crippen molar-refractivity contribution in [1.29, 1.82) is 0 Å². The summed E-state index contributed by atoms with van der Waals surface area (Å²) in [6.07, 6.45) is 3.99. The van der Waals surface area contributed by atoms with Crippen molar-refractivity contribution in [3.05, 3.63) is 53.6 Å². The number of hydrogen-bond acceptors (Lipinski definition) is 15. The van der Waals surface area contributed by atoms with E-state index in [4.69, 9.17) is 28.5 Å². The molecule has 72 heavy (non-hydrogen) atoms. The van der Waals surface area contributed by atoms with Crippen LogP contribution >= 0.6 is 0 Å². The molecule has 8 heterocycles. The third-order valence-electron chi connectivity index (χ3n) is 17.3. The van der Waals surface area contributed by atoms with Gasteiger partial charge in [-0.25, -0.2) is 4.79 Å². The Morgan fingerprint density at radius 2 is 1.54 bits per heavy atom. The van der Waals surface area contributed by atoms with E-state index in [0.29, 0.717) is 69.8 Å². The maximum atomic E-state index is 14.6. The molecule has 1 aromatic rings. The first-order valence-electron chi connectivity index (χ1n) is 26.6. The molecule has 16 nitrogen and oxygen atoms in total. The number of ketones is 3. The molecular weight excluding hydrogens is 925 g/mol. The molecule has 18 atom stereocenters. The average molecular weight is 1010 g/mol. The first-order chi connectivity index (χ1) is 34.3. The van der Waals surface area contributed by atoms with Gasteiger partial charge in [-0.15, -0.1) is 0 Å². The Balaban J connectivity index is 1.23. The number of rotatable bonds is 6. The smallest absolute Gasteiger partial charge is 0.329 e. The van der Waals surface area contributed by atoms with Crippen LogP contribution in [0.1, 0.15) is 125 Å². The molecule has 9 aliphatic rings. The van der Waals surface area contributed by atoms with Gasteiger partial charge in [0.2, 0.25) is 5.79 Å². The predicted molar refractivity (Wildman–Crippen MR) is 267 cm³/mol. The highest BCUT2D eigenvalue weighted by Crippen LogP contribution is 2.46. The molecule has 1 amide bonds. The number of carbonyl (C=O) groups is 5. The van der Waals surface area contributed by atoms with Crippen LogP contribution in [0.3, 0.4) is 0 Å². The Labute approximate surface area is 426 Å². The fourth-order valence-corrected chi connectivity index (χ4v) is 13.0. The second kappa shape index (κ2) is 24.2. The number of para-hydroxylation sites is 1. The number of piperidine rings is 1. The zero-order valence-corrected chi connectivity index (χ0v) is 44.0. The van der Waals surface area contributed by atoms with E-state index in [9.17, 15) is 39.3 Å². The van der Waals surface area contributed by atoms with Gasteiger partial charge in [-0.1, -0.05) is 58.0 Å². The van der Waals surface area contributed by atoms with Crippen molar-refractivity contribution >= 4 is 34.9 Å². The van der Waals surface area contributed by atoms with Crippen molar-refractivity contribution in [2.24, 2.45) is 41.4 Å². The minimum Gasteiger partial charge on any atom is -0.460 e. The molecule has 3 N–H and O–H groups in total. The summed E-state index contributed by atoms with van der Waals surface area (Å²) in [4.78, 5) is 80.1. The third kappa shape index (κ3) is 12.1. The molecule has 10 rings (SSSR count). The number of benzene rings is 1. The van der Waals surface area contributed by atoms with Crippen molar-refractivity contribution in [2.45, 2.75) is 192 Å². The van der Waals surface area contributed by atoms with Gasteiger partial charge < -0.3 is 43.9 Å². The number of hydroxylamine groups is 1. The fourth-order valence-electron chi connectivity index (χ4n) is 13.0. The summed E-state index contributed by atoms with van der Waals surface area (Å²) in [6, 6.07) is 8.58. The molecule has 1 unspecified atom stereocenters. The van der Waals surface area contributed by atoms with E-state index in [1.54, 1.807) is 41.1 Å². The van der Waals surface area contributed by atoms with Gasteiger partial charge in [0.15, 0.2) is 5.78 Å². The summed E-state index contributed by atoms with van der Waals surface area (Å²) in [6.45, 7) is 11.1. The maximum absolute atomic E-state index is 14.6. The van der Waals surface area contributed by atoms with Crippen molar-refractivity contribution in [3.63, 3.8) is 0 Å². The number of amides is 1. The van der Waals surface area contributed by atoms with E-state index in [1.165, 1.54) is 12.0 Å². The minimum absolute atomic E-state index is 0.0310. The predicted octanol–water partition coefficient (Wildman–Crippen LogP) is 6.26. The van der Waals surface area contributed by atoms with Crippen molar-refractivity contribution in [2.75, 3.05) is 32.9 Å². The molecule has 0 radical (unpaired) electrons. The molecule has 4 saturated heterocycles. The van der Waals surface area contributed by atoms with Gasteiger partial charge >= 0.3 is 5.97 Å². The fraction of sp³-hybridized carbons (Fsp3) is 0.732. The normalized spacial score (nSPS) is 41.2. The molecule has 0 aromatic heterocycles. The largest absolute Gasteiger partial charge is 0.460 e. The first-order valence-corrected chi connectivity index (χ1v) is 26.6. The van der Waals surface area contributed by atoms with E-state index >= 15 is 0 Å². The van der Waals surface area contributed by atoms with Crippen LogP contribution in [0, 0.1) is 41.4 Å². The Morgan fingerprint density at radius 1 is 0.806 bits per heavy atom. The van der Waals surface area contributed by atoms with Gasteiger partial charge in [-0.3, -0.25) is 29.1 Å². The molecule has 5 fully saturated rings.